The molecule has 0 saturated heterocycles. The van der Waals surface area contributed by atoms with Crippen LogP contribution in [0.4, 0.5) is 0 Å². The van der Waals surface area contributed by atoms with Crippen LogP contribution in [0.3, 0.4) is 0 Å². The Balaban J connectivity index is 2.65. The summed E-state index contributed by atoms with van der Waals surface area (Å²) in [6.07, 6.45) is -1.47. The first-order valence-electron chi connectivity index (χ1n) is 5.10. The minimum absolute atomic E-state index is 0.266. The number of hydrogen-bond acceptors (Lipinski definition) is 3. The first-order valence-corrected chi connectivity index (χ1v) is 5.10. The molecule has 0 unspecified atom stereocenters. The molecular weight excluding hydrogens is 206 g/mol. The lowest BCUT2D eigenvalue weighted by Crippen LogP contribution is -2.42. The molecule has 4 heteroatoms. The highest BCUT2D eigenvalue weighted by molar-refractivity contribution is 6.00. The van der Waals surface area contributed by atoms with E-state index in [0.717, 1.165) is 0 Å². The number of hydrogen-bond donors (Lipinski definition) is 2. The van der Waals surface area contributed by atoms with Gasteiger partial charge in [0.1, 0.15) is 0 Å². The first kappa shape index (κ1) is 12.4. The van der Waals surface area contributed by atoms with Gasteiger partial charge in [0.2, 0.25) is 11.7 Å². The van der Waals surface area contributed by atoms with Crippen LogP contribution in [-0.4, -0.2) is 23.0 Å². The molecular formula is C12H15NO3. The van der Waals surface area contributed by atoms with Gasteiger partial charge in [0.05, 0.1) is 0 Å². The Kier molecular flexibility index (Phi) is 4.19. The maximum atomic E-state index is 11.6. The molecule has 1 amide bonds. The summed E-state index contributed by atoms with van der Waals surface area (Å²) in [5.74, 6) is -1.12. The number of aliphatic hydroxyl groups excluding tert-OH is 1. The van der Waals surface area contributed by atoms with Crippen molar-refractivity contribution in [3.8, 4) is 0 Å². The van der Waals surface area contributed by atoms with Crippen molar-refractivity contribution < 1.29 is 14.7 Å². The lowest BCUT2D eigenvalue weighted by atomic mass is 10.1. The predicted octanol–water partition coefficient (Wildman–Crippen LogP) is 0.960. The third kappa shape index (κ3) is 3.17. The maximum absolute atomic E-state index is 11.6. The second-order valence-corrected chi connectivity index (χ2v) is 3.80. The minimum atomic E-state index is -1.47. The Morgan fingerprint density at radius 1 is 1.19 bits per heavy atom. The average molecular weight is 221 g/mol. The van der Waals surface area contributed by atoms with Gasteiger partial charge in [-0.3, -0.25) is 9.59 Å². The van der Waals surface area contributed by atoms with Crippen LogP contribution >= 0.6 is 0 Å². The number of rotatable bonds is 4. The van der Waals surface area contributed by atoms with Gasteiger partial charge in [-0.2, -0.15) is 0 Å². The van der Waals surface area contributed by atoms with Crippen molar-refractivity contribution in [2.75, 3.05) is 0 Å². The van der Waals surface area contributed by atoms with Crippen molar-refractivity contribution in [3.05, 3.63) is 35.9 Å². The number of amides is 1. The zero-order chi connectivity index (χ0) is 12.1. The van der Waals surface area contributed by atoms with Crippen LogP contribution in [-0.2, 0) is 4.79 Å². The van der Waals surface area contributed by atoms with Crippen LogP contribution in [0.5, 0.6) is 0 Å². The van der Waals surface area contributed by atoms with Crippen LogP contribution < -0.4 is 5.32 Å². The van der Waals surface area contributed by atoms with E-state index >= 15 is 0 Å². The Morgan fingerprint density at radius 3 is 2.25 bits per heavy atom. The number of Topliss-reactive ketones (excluding diaryl/α,β-unsaturated/α-hetero) is 1. The zero-order valence-electron chi connectivity index (χ0n) is 9.31. The fourth-order valence-electron chi connectivity index (χ4n) is 1.13. The number of carbonyl (C=O) groups excluding carboxylic acids is 2. The lowest BCUT2D eigenvalue weighted by molar-refractivity contribution is -0.126. The van der Waals surface area contributed by atoms with Crippen molar-refractivity contribution in [1.29, 1.82) is 0 Å². The van der Waals surface area contributed by atoms with Crippen molar-refractivity contribution >= 4 is 11.7 Å². The zero-order valence-corrected chi connectivity index (χ0v) is 9.31. The van der Waals surface area contributed by atoms with Crippen molar-refractivity contribution in [1.82, 2.24) is 5.32 Å². The Labute approximate surface area is 94.3 Å². The molecule has 0 fully saturated rings. The average Bonchev–Trinajstić information content (AvgIpc) is 2.28. The van der Waals surface area contributed by atoms with E-state index in [0.29, 0.717) is 5.56 Å². The van der Waals surface area contributed by atoms with Crippen LogP contribution in [0.25, 0.3) is 0 Å². The van der Waals surface area contributed by atoms with E-state index in [2.05, 4.69) is 5.32 Å². The Bertz CT molecular complexity index is 373. The highest BCUT2D eigenvalue weighted by atomic mass is 16.3. The van der Waals surface area contributed by atoms with Gasteiger partial charge in [-0.25, -0.2) is 0 Å². The topological polar surface area (TPSA) is 66.4 Å². The van der Waals surface area contributed by atoms with Gasteiger partial charge in [0, 0.05) is 11.5 Å². The number of nitrogens with one attached hydrogen (secondary N) is 1. The summed E-state index contributed by atoms with van der Waals surface area (Å²) < 4.78 is 0. The summed E-state index contributed by atoms with van der Waals surface area (Å²) in [7, 11) is 0. The minimum Gasteiger partial charge on any atom is -0.367 e. The van der Waals surface area contributed by atoms with Gasteiger partial charge >= 0.3 is 0 Å². The third-order valence-electron chi connectivity index (χ3n) is 2.11. The molecule has 0 saturated carbocycles. The molecule has 16 heavy (non-hydrogen) atoms. The second kappa shape index (κ2) is 5.42. The monoisotopic (exact) mass is 221 g/mol. The smallest absolute Gasteiger partial charge is 0.224 e. The third-order valence-corrected chi connectivity index (χ3v) is 2.11. The van der Waals surface area contributed by atoms with Gasteiger partial charge in [0.25, 0.3) is 0 Å². The van der Waals surface area contributed by atoms with Crippen molar-refractivity contribution in [2.45, 2.75) is 20.1 Å². The molecule has 1 rings (SSSR count). The van der Waals surface area contributed by atoms with Crippen LogP contribution in [0.15, 0.2) is 30.3 Å². The van der Waals surface area contributed by atoms with Gasteiger partial charge in [-0.05, 0) is 0 Å². The SMILES string of the molecule is CC(C)C(=O)N[C@H](O)C(=O)c1ccccc1. The fourth-order valence-corrected chi connectivity index (χ4v) is 1.13. The normalized spacial score (nSPS) is 12.2. The van der Waals surface area contributed by atoms with Gasteiger partial charge in [-0.1, -0.05) is 44.2 Å². The van der Waals surface area contributed by atoms with E-state index in [1.807, 2.05) is 0 Å². The van der Waals surface area contributed by atoms with E-state index in [4.69, 9.17) is 0 Å². The van der Waals surface area contributed by atoms with E-state index in [1.54, 1.807) is 44.2 Å². The molecule has 1 aromatic carbocycles. The summed E-state index contributed by atoms with van der Waals surface area (Å²) in [5.41, 5.74) is 0.374. The van der Waals surface area contributed by atoms with Gasteiger partial charge in [-0.15, -0.1) is 0 Å². The summed E-state index contributed by atoms with van der Waals surface area (Å²) >= 11 is 0. The predicted molar refractivity (Wildman–Crippen MR) is 59.8 cm³/mol. The van der Waals surface area contributed by atoms with E-state index in [9.17, 15) is 14.7 Å². The number of aliphatic hydroxyl groups is 1. The molecule has 0 radical (unpaired) electrons. The highest BCUT2D eigenvalue weighted by Gasteiger charge is 2.20. The fraction of sp³-hybridized carbons (Fsp3) is 0.333. The molecule has 0 spiro atoms. The summed E-state index contributed by atoms with van der Waals surface area (Å²) in [6.45, 7) is 3.38. The molecule has 2 N–H and O–H groups in total. The standard InChI is InChI=1S/C12H15NO3/c1-8(2)11(15)13-12(16)10(14)9-6-4-3-5-7-9/h3-8,12,16H,1-2H3,(H,13,15)/t12-/m1/s1. The summed E-state index contributed by atoms with van der Waals surface area (Å²) in [5, 5.41) is 11.8. The highest BCUT2D eigenvalue weighted by Crippen LogP contribution is 2.03. The largest absolute Gasteiger partial charge is 0.367 e. The molecule has 0 aliphatic carbocycles. The number of ketones is 1. The first-order chi connectivity index (χ1) is 7.52. The molecule has 86 valence electrons. The Morgan fingerprint density at radius 2 is 1.75 bits per heavy atom. The van der Waals surface area contributed by atoms with E-state index in [-0.39, 0.29) is 11.8 Å². The summed E-state index contributed by atoms with van der Waals surface area (Å²) in [6, 6.07) is 8.35. The van der Waals surface area contributed by atoms with Crippen molar-refractivity contribution in [2.24, 2.45) is 5.92 Å². The lowest BCUT2D eigenvalue weighted by Gasteiger charge is -2.13. The Hall–Kier alpha value is -1.68. The molecule has 0 aromatic heterocycles. The number of carbonyl (C=O) groups is 2. The maximum Gasteiger partial charge on any atom is 0.224 e. The van der Waals surface area contributed by atoms with Crippen molar-refractivity contribution in [3.63, 3.8) is 0 Å². The molecule has 1 aromatic rings. The van der Waals surface area contributed by atoms with Crippen LogP contribution in [0.2, 0.25) is 0 Å². The second-order valence-electron chi connectivity index (χ2n) is 3.80. The van der Waals surface area contributed by atoms with Gasteiger partial charge < -0.3 is 10.4 Å². The van der Waals surface area contributed by atoms with Crippen LogP contribution in [0, 0.1) is 5.92 Å². The quantitative estimate of drug-likeness (QED) is 0.588. The molecule has 0 aliphatic heterocycles. The molecule has 4 nitrogen and oxygen atoms in total. The molecule has 0 bridgehead atoms. The van der Waals surface area contributed by atoms with E-state index < -0.39 is 12.0 Å². The van der Waals surface area contributed by atoms with Gasteiger partial charge in [0.15, 0.2) is 6.23 Å². The molecule has 1 atom stereocenters. The molecule has 0 heterocycles. The van der Waals surface area contributed by atoms with Crippen LogP contribution in [0.1, 0.15) is 24.2 Å². The summed E-state index contributed by atoms with van der Waals surface area (Å²) in [4.78, 5) is 22.9. The van der Waals surface area contributed by atoms with E-state index in [1.165, 1.54) is 0 Å². The molecule has 0 aliphatic rings. The number of benzene rings is 1.